The first kappa shape index (κ1) is 7.21. The summed E-state index contributed by atoms with van der Waals surface area (Å²) in [6.45, 7) is 0. The number of allylic oxidation sites excluding steroid dienone is 2. The van der Waals surface area contributed by atoms with Crippen molar-refractivity contribution < 1.29 is 13.2 Å². The maximum atomic E-state index is 10.8. The molecule has 0 heterocycles. The van der Waals surface area contributed by atoms with Crippen molar-refractivity contribution in [2.24, 2.45) is 0 Å². The molecule has 0 aromatic rings. The quantitative estimate of drug-likeness (QED) is 0.465. The number of hydrogen-bond donors (Lipinski definition) is 0. The Hall–Kier alpha value is -0.900. The van der Waals surface area contributed by atoms with Crippen molar-refractivity contribution >= 4 is 20.9 Å². The van der Waals surface area contributed by atoms with Gasteiger partial charge < -0.3 is 0 Å². The van der Waals surface area contributed by atoms with Gasteiger partial charge in [-0.15, -0.1) is 0 Å². The van der Waals surface area contributed by atoms with E-state index in [0.717, 1.165) is 0 Å². The van der Waals surface area contributed by atoms with E-state index in [1.54, 1.807) is 6.08 Å². The standard InChI is InChI=1S/C6H6O3S/c7-5-3-1-2-4-6(5)10(8)9/h2,4H,1,3H2. The topological polar surface area (TPSA) is 51.2 Å². The lowest BCUT2D eigenvalue weighted by Crippen LogP contribution is -2.14. The van der Waals surface area contributed by atoms with Crippen LogP contribution in [0.1, 0.15) is 12.8 Å². The summed E-state index contributed by atoms with van der Waals surface area (Å²) in [5, 5.41) is 0. The van der Waals surface area contributed by atoms with Crippen molar-refractivity contribution in [1.82, 2.24) is 0 Å². The highest BCUT2D eigenvalue weighted by molar-refractivity contribution is 7.75. The van der Waals surface area contributed by atoms with Gasteiger partial charge in [-0.3, -0.25) is 4.79 Å². The van der Waals surface area contributed by atoms with E-state index in [-0.39, 0.29) is 10.6 Å². The average molecular weight is 158 g/mol. The van der Waals surface area contributed by atoms with E-state index in [4.69, 9.17) is 0 Å². The van der Waals surface area contributed by atoms with Gasteiger partial charge in [-0.25, -0.2) is 0 Å². The predicted molar refractivity (Wildman–Crippen MR) is 37.3 cm³/mol. The number of hydrogen-bond acceptors (Lipinski definition) is 3. The first-order valence-electron chi connectivity index (χ1n) is 2.88. The largest absolute Gasteiger partial charge is 0.293 e. The molecule has 54 valence electrons. The van der Waals surface area contributed by atoms with Gasteiger partial charge in [0.25, 0.3) is 0 Å². The molecule has 1 aliphatic carbocycles. The third-order valence-electron chi connectivity index (χ3n) is 1.26. The molecule has 0 bridgehead atoms. The fourth-order valence-electron chi connectivity index (χ4n) is 0.769. The van der Waals surface area contributed by atoms with Crippen LogP contribution in [0.5, 0.6) is 0 Å². The van der Waals surface area contributed by atoms with Crippen LogP contribution in [0.15, 0.2) is 12.2 Å². The number of carbonyl (C=O) groups excluding carboxylic acids is 1. The molecule has 0 atom stereocenters. The Bertz CT molecular complexity index is 300. The molecule has 0 radical (unpaired) electrons. The number of rotatable bonds is 0. The third kappa shape index (κ3) is 1.33. The summed E-state index contributed by atoms with van der Waals surface area (Å²) in [5.41, 5.74) is 0. The molecule has 0 aromatic heterocycles. The SMILES string of the molecule is O=C1CCC=CC1=S(=O)=O. The zero-order valence-corrected chi connectivity index (χ0v) is 6.02. The van der Waals surface area contributed by atoms with Crippen molar-refractivity contribution in [3.8, 4) is 0 Å². The van der Waals surface area contributed by atoms with E-state index in [1.165, 1.54) is 6.08 Å². The molecular formula is C6H6O3S. The van der Waals surface area contributed by atoms with Gasteiger partial charge in [0.05, 0.1) is 0 Å². The second kappa shape index (κ2) is 2.79. The molecular weight excluding hydrogens is 152 g/mol. The summed E-state index contributed by atoms with van der Waals surface area (Å²) >= 11 is 0. The first-order chi connectivity index (χ1) is 4.72. The molecule has 0 amide bonds. The fourth-order valence-corrected chi connectivity index (χ4v) is 1.26. The predicted octanol–water partition coefficient (Wildman–Crippen LogP) is -0.0430. The first-order valence-corrected chi connectivity index (χ1v) is 3.95. The second-order valence-electron chi connectivity index (χ2n) is 1.96. The van der Waals surface area contributed by atoms with E-state index in [1.807, 2.05) is 0 Å². The van der Waals surface area contributed by atoms with Crippen LogP contribution in [0.2, 0.25) is 0 Å². The second-order valence-corrected chi connectivity index (χ2v) is 2.87. The molecule has 0 N–H and O–H groups in total. The zero-order chi connectivity index (χ0) is 7.56. The van der Waals surface area contributed by atoms with Crippen LogP contribution in [-0.4, -0.2) is 19.1 Å². The molecule has 10 heavy (non-hydrogen) atoms. The highest BCUT2D eigenvalue weighted by Crippen LogP contribution is 2.02. The maximum absolute atomic E-state index is 10.8. The van der Waals surface area contributed by atoms with Crippen molar-refractivity contribution in [2.45, 2.75) is 12.8 Å². The Morgan fingerprint density at radius 3 is 2.50 bits per heavy atom. The van der Waals surface area contributed by atoms with E-state index in [2.05, 4.69) is 0 Å². The smallest absolute Gasteiger partial charge is 0.225 e. The van der Waals surface area contributed by atoms with Crippen molar-refractivity contribution in [2.75, 3.05) is 0 Å². The maximum Gasteiger partial charge on any atom is 0.225 e. The molecule has 0 aromatic carbocycles. The summed E-state index contributed by atoms with van der Waals surface area (Å²) < 4.78 is 20.5. The highest BCUT2D eigenvalue weighted by Gasteiger charge is 2.12. The van der Waals surface area contributed by atoms with E-state index < -0.39 is 10.3 Å². The molecule has 1 aliphatic rings. The van der Waals surface area contributed by atoms with Gasteiger partial charge in [-0.05, 0) is 12.5 Å². The van der Waals surface area contributed by atoms with Gasteiger partial charge >= 0.3 is 0 Å². The minimum absolute atomic E-state index is 0.0914. The minimum Gasteiger partial charge on any atom is -0.293 e. The summed E-state index contributed by atoms with van der Waals surface area (Å²) in [7, 11) is -2.35. The monoisotopic (exact) mass is 158 g/mol. The zero-order valence-electron chi connectivity index (χ0n) is 5.20. The molecule has 0 unspecified atom stereocenters. The van der Waals surface area contributed by atoms with Gasteiger partial charge in [0.1, 0.15) is 4.86 Å². The average Bonchev–Trinajstić information content (AvgIpc) is 1.88. The van der Waals surface area contributed by atoms with Crippen molar-refractivity contribution in [3.63, 3.8) is 0 Å². The Kier molecular flexibility index (Phi) is 2.01. The minimum atomic E-state index is -2.35. The normalized spacial score (nSPS) is 17.6. The summed E-state index contributed by atoms with van der Waals surface area (Å²) in [5.74, 6) is -0.282. The van der Waals surface area contributed by atoms with Crippen LogP contribution in [0.25, 0.3) is 0 Å². The fraction of sp³-hybridized carbons (Fsp3) is 0.333. The van der Waals surface area contributed by atoms with E-state index in [9.17, 15) is 13.2 Å². The summed E-state index contributed by atoms with van der Waals surface area (Å²) in [6.07, 6.45) is 4.01. The van der Waals surface area contributed by atoms with Gasteiger partial charge in [-0.1, -0.05) is 6.08 Å². The molecule has 0 fully saturated rings. The lowest BCUT2D eigenvalue weighted by Gasteiger charge is -1.99. The Morgan fingerprint density at radius 1 is 1.40 bits per heavy atom. The molecule has 1 rings (SSSR count). The van der Waals surface area contributed by atoms with Crippen LogP contribution in [0.3, 0.4) is 0 Å². The molecule has 4 heteroatoms. The number of carbonyl (C=O) groups is 1. The van der Waals surface area contributed by atoms with E-state index in [0.29, 0.717) is 12.8 Å². The lowest BCUT2D eigenvalue weighted by atomic mass is 10.1. The van der Waals surface area contributed by atoms with E-state index >= 15 is 0 Å². The van der Waals surface area contributed by atoms with Crippen LogP contribution in [-0.2, 0) is 15.1 Å². The highest BCUT2D eigenvalue weighted by atomic mass is 32.2. The summed E-state index contributed by atoms with van der Waals surface area (Å²) in [4.78, 5) is 10.7. The molecule has 0 spiro atoms. The number of Topliss-reactive ketones (excluding diaryl/α,β-unsaturated/α-hetero) is 1. The third-order valence-corrected chi connectivity index (χ3v) is 1.98. The lowest BCUT2D eigenvalue weighted by molar-refractivity contribution is -0.112. The Morgan fingerprint density at radius 2 is 2.10 bits per heavy atom. The number of ketones is 1. The van der Waals surface area contributed by atoms with Gasteiger partial charge in [0.15, 0.2) is 5.78 Å². The van der Waals surface area contributed by atoms with Gasteiger partial charge in [0.2, 0.25) is 10.3 Å². The molecule has 0 aliphatic heterocycles. The van der Waals surface area contributed by atoms with Crippen molar-refractivity contribution in [3.05, 3.63) is 12.2 Å². The van der Waals surface area contributed by atoms with Crippen molar-refractivity contribution in [1.29, 1.82) is 0 Å². The molecule has 0 saturated carbocycles. The molecule has 0 saturated heterocycles. The molecule has 3 nitrogen and oxygen atoms in total. The van der Waals surface area contributed by atoms with Crippen LogP contribution < -0.4 is 0 Å². The van der Waals surface area contributed by atoms with Crippen LogP contribution in [0.4, 0.5) is 0 Å². The summed E-state index contributed by atoms with van der Waals surface area (Å²) in [6, 6.07) is 0. The van der Waals surface area contributed by atoms with Gasteiger partial charge in [0, 0.05) is 6.42 Å². The van der Waals surface area contributed by atoms with Gasteiger partial charge in [-0.2, -0.15) is 8.42 Å². The van der Waals surface area contributed by atoms with Crippen LogP contribution in [0, 0.1) is 0 Å². The Balaban J connectivity index is 3.20. The van der Waals surface area contributed by atoms with Crippen LogP contribution >= 0.6 is 0 Å². The Labute approximate surface area is 59.9 Å².